The van der Waals surface area contributed by atoms with Crippen molar-refractivity contribution in [2.24, 2.45) is 0 Å². The van der Waals surface area contributed by atoms with Gasteiger partial charge in [0.15, 0.2) is 0 Å². The molecule has 12 nitrogen and oxygen atoms in total. The topological polar surface area (TPSA) is 140 Å². The third-order valence-corrected chi connectivity index (χ3v) is 4.15. The Morgan fingerprint density at radius 1 is 0.647 bits per heavy atom. The van der Waals surface area contributed by atoms with Crippen LogP contribution in [-0.4, -0.2) is 112 Å². The summed E-state index contributed by atoms with van der Waals surface area (Å²) in [6.45, 7) is 6.15. The number of methoxy groups -OCH3 is 3. The SMILES string of the molecule is C.COC(=O)C(C)N(C)C(C)=O.COC(=O)[C@@H](C)N(C)[C-]=O.COC(=O)[C@H](C)N(C)[C-]=O.[Y].[Y]. The van der Waals surface area contributed by atoms with Gasteiger partial charge >= 0.3 is 17.9 Å². The van der Waals surface area contributed by atoms with Gasteiger partial charge in [-0.05, 0) is 34.9 Å². The molecule has 0 bridgehead atoms. The normalized spacial score (nSPS) is 10.9. The molecule has 0 aliphatic rings. The molecule has 0 N–H and O–H groups in total. The molecule has 0 rings (SSSR count). The molecular weight excluding hydrogens is 604 g/mol. The van der Waals surface area contributed by atoms with Crippen LogP contribution in [0.25, 0.3) is 0 Å². The van der Waals surface area contributed by atoms with Gasteiger partial charge in [-0.25, -0.2) is 14.4 Å². The van der Waals surface area contributed by atoms with Crippen LogP contribution in [-0.2, 0) is 108 Å². The van der Waals surface area contributed by atoms with Gasteiger partial charge in [0.05, 0.1) is 33.4 Å². The summed E-state index contributed by atoms with van der Waals surface area (Å²) in [6.07, 6.45) is 3.12. The first-order chi connectivity index (χ1) is 14.3. The molecule has 194 valence electrons. The molecule has 3 amide bonds. The number of amides is 3. The number of ether oxygens (including phenoxy) is 3. The van der Waals surface area contributed by atoms with Crippen molar-refractivity contribution in [2.45, 2.75) is 53.2 Å². The van der Waals surface area contributed by atoms with Crippen LogP contribution in [0, 0.1) is 0 Å². The molecular formula is C20H37N3O9Y2-2. The quantitative estimate of drug-likeness (QED) is 0.152. The van der Waals surface area contributed by atoms with Gasteiger partial charge < -0.3 is 38.5 Å². The molecule has 0 saturated carbocycles. The number of nitrogens with zero attached hydrogens (tertiary/aromatic N) is 3. The zero-order valence-electron chi connectivity index (χ0n) is 20.9. The summed E-state index contributed by atoms with van der Waals surface area (Å²) in [5.41, 5.74) is 0. The molecule has 0 fully saturated rings. The molecule has 34 heavy (non-hydrogen) atoms. The number of carbonyl (C=O) groups is 4. The molecule has 0 aliphatic heterocycles. The van der Waals surface area contributed by atoms with Crippen molar-refractivity contribution in [3.8, 4) is 0 Å². The molecule has 0 saturated heterocycles. The van der Waals surface area contributed by atoms with Crippen LogP contribution in [0.3, 0.4) is 0 Å². The number of likely N-dealkylation sites (N-methyl/N-ethyl adjacent to an activating group) is 3. The number of hydrogen-bond acceptors (Lipinski definition) is 9. The predicted molar refractivity (Wildman–Crippen MR) is 117 cm³/mol. The van der Waals surface area contributed by atoms with E-state index in [0.29, 0.717) is 0 Å². The first-order valence-electron chi connectivity index (χ1n) is 8.95. The molecule has 3 atom stereocenters. The van der Waals surface area contributed by atoms with Crippen LogP contribution in [0.15, 0.2) is 0 Å². The van der Waals surface area contributed by atoms with E-state index in [2.05, 4.69) is 14.2 Å². The average molecular weight is 641 g/mol. The second-order valence-corrected chi connectivity index (χ2v) is 6.13. The summed E-state index contributed by atoms with van der Waals surface area (Å²) < 4.78 is 13.2. The molecule has 2 radical (unpaired) electrons. The first-order valence-corrected chi connectivity index (χ1v) is 8.95. The van der Waals surface area contributed by atoms with Crippen LogP contribution in [0.2, 0.25) is 0 Å². The van der Waals surface area contributed by atoms with Gasteiger partial charge in [0.1, 0.15) is 6.04 Å². The minimum absolute atomic E-state index is 0. The first kappa shape index (κ1) is 46.4. The van der Waals surface area contributed by atoms with Crippen LogP contribution in [0.5, 0.6) is 0 Å². The summed E-state index contributed by atoms with van der Waals surface area (Å²) >= 11 is 0. The zero-order chi connectivity index (χ0) is 25.3. The van der Waals surface area contributed by atoms with Gasteiger partial charge in [-0.1, -0.05) is 7.43 Å². The molecule has 0 spiro atoms. The smallest absolute Gasteiger partial charge is 0.328 e. The second kappa shape index (κ2) is 26.6. The molecule has 1 unspecified atom stereocenters. The Bertz CT molecular complexity index is 578. The Labute approximate surface area is 253 Å². The zero-order valence-corrected chi connectivity index (χ0v) is 26.6. The van der Waals surface area contributed by atoms with E-state index < -0.39 is 36.0 Å². The van der Waals surface area contributed by atoms with Gasteiger partial charge in [0.2, 0.25) is 5.91 Å². The maximum atomic E-state index is 10.8. The number of hydrogen-bond donors (Lipinski definition) is 0. The van der Waals surface area contributed by atoms with E-state index in [1.165, 1.54) is 47.2 Å². The van der Waals surface area contributed by atoms with Crippen molar-refractivity contribution in [1.82, 2.24) is 14.7 Å². The fraction of sp³-hybridized carbons (Fsp3) is 0.700. The molecule has 0 aromatic rings. The van der Waals surface area contributed by atoms with Gasteiger partial charge in [-0.2, -0.15) is 12.8 Å². The fourth-order valence-corrected chi connectivity index (χ4v) is 1.42. The van der Waals surface area contributed by atoms with E-state index in [-0.39, 0.29) is 78.8 Å². The van der Waals surface area contributed by atoms with E-state index in [4.69, 9.17) is 0 Å². The number of esters is 3. The standard InChI is InChI=1S/C7H13NO3.2C6H10NO3.CH4.2Y/c1-5(7(10)11-4)8(3)6(2)9;2*1-5(6(9)10-3)7(2)4-8;;;/h5H,1-4H3;2*5H,1-3H3;1H4;;/q;2*-1;;;/t;2*5-;;;/m.10.../s1. The summed E-state index contributed by atoms with van der Waals surface area (Å²) in [7, 11) is 8.34. The van der Waals surface area contributed by atoms with E-state index in [1.807, 2.05) is 0 Å². The maximum absolute atomic E-state index is 10.8. The van der Waals surface area contributed by atoms with E-state index in [1.54, 1.807) is 40.6 Å². The molecule has 0 aromatic carbocycles. The molecule has 0 heterocycles. The van der Waals surface area contributed by atoms with E-state index >= 15 is 0 Å². The maximum Gasteiger partial charge on any atom is 0.328 e. The van der Waals surface area contributed by atoms with Gasteiger partial charge in [-0.3, -0.25) is 4.79 Å². The fourth-order valence-electron chi connectivity index (χ4n) is 1.42. The van der Waals surface area contributed by atoms with E-state index in [9.17, 15) is 28.8 Å². The Balaban J connectivity index is -0.0000000829. The third kappa shape index (κ3) is 20.4. The van der Waals surface area contributed by atoms with Crippen molar-refractivity contribution < 1.29 is 108 Å². The monoisotopic (exact) mass is 641 g/mol. The van der Waals surface area contributed by atoms with Crippen LogP contribution >= 0.6 is 0 Å². The van der Waals surface area contributed by atoms with Crippen LogP contribution < -0.4 is 0 Å². The van der Waals surface area contributed by atoms with Crippen molar-refractivity contribution in [3.63, 3.8) is 0 Å². The average Bonchev–Trinajstić information content (AvgIpc) is 2.79. The summed E-state index contributed by atoms with van der Waals surface area (Å²) in [5, 5.41) is 0. The Morgan fingerprint density at radius 3 is 1.06 bits per heavy atom. The van der Waals surface area contributed by atoms with Crippen molar-refractivity contribution >= 4 is 36.6 Å². The summed E-state index contributed by atoms with van der Waals surface area (Å²) in [4.78, 5) is 66.4. The second-order valence-electron chi connectivity index (χ2n) is 6.13. The number of rotatable bonds is 8. The van der Waals surface area contributed by atoms with Crippen molar-refractivity contribution in [3.05, 3.63) is 0 Å². The van der Waals surface area contributed by atoms with Crippen molar-refractivity contribution in [1.29, 1.82) is 0 Å². The third-order valence-electron chi connectivity index (χ3n) is 4.15. The van der Waals surface area contributed by atoms with Gasteiger partial charge in [0, 0.05) is 79.4 Å². The summed E-state index contributed by atoms with van der Waals surface area (Å²) in [5.74, 6) is -1.43. The molecule has 14 heteroatoms. The van der Waals surface area contributed by atoms with Gasteiger partial charge in [-0.15, -0.1) is 0 Å². The Morgan fingerprint density at radius 2 is 0.882 bits per heavy atom. The van der Waals surface area contributed by atoms with E-state index in [0.717, 1.165) is 9.80 Å². The Kier molecular flexibility index (Phi) is 36.3. The Hall–Kier alpha value is -0.972. The van der Waals surface area contributed by atoms with Crippen LogP contribution in [0.4, 0.5) is 0 Å². The summed E-state index contributed by atoms with van der Waals surface area (Å²) in [6, 6.07) is -1.61. The molecule has 0 aromatic heterocycles. The minimum Gasteiger partial charge on any atom is -0.520 e. The minimum atomic E-state index is -0.553. The number of carbonyl (C=O) groups excluding carboxylic acids is 6. The van der Waals surface area contributed by atoms with Crippen LogP contribution in [0.1, 0.15) is 35.1 Å². The van der Waals surface area contributed by atoms with Crippen molar-refractivity contribution in [2.75, 3.05) is 42.5 Å². The van der Waals surface area contributed by atoms with Gasteiger partial charge in [0.25, 0.3) is 0 Å². The molecule has 0 aliphatic carbocycles. The largest absolute Gasteiger partial charge is 0.520 e. The predicted octanol–water partition coefficient (Wildman–Crippen LogP) is -0.249.